The number of amides is 1. The zero-order chi connectivity index (χ0) is 15.2. The Hall–Kier alpha value is -1.06. The molecule has 1 heterocycles. The molecule has 0 aliphatic carbocycles. The normalized spacial score (nSPS) is 18.8. The van der Waals surface area contributed by atoms with Crippen LogP contribution in [0.5, 0.6) is 0 Å². The van der Waals surface area contributed by atoms with E-state index in [1.165, 1.54) is 12.0 Å². The molecule has 0 spiro atoms. The van der Waals surface area contributed by atoms with Crippen molar-refractivity contribution in [2.75, 3.05) is 20.1 Å². The van der Waals surface area contributed by atoms with E-state index in [9.17, 15) is 4.79 Å². The van der Waals surface area contributed by atoms with Gasteiger partial charge in [0, 0.05) is 13.5 Å². The zero-order valence-electron chi connectivity index (χ0n) is 13.9. The van der Waals surface area contributed by atoms with E-state index < -0.39 is 0 Å². The van der Waals surface area contributed by atoms with Crippen LogP contribution in [-0.2, 0) is 4.79 Å². The van der Waals surface area contributed by atoms with Crippen LogP contribution in [0.2, 0.25) is 0 Å². The van der Waals surface area contributed by atoms with Crippen LogP contribution >= 0.6 is 12.4 Å². The van der Waals surface area contributed by atoms with Gasteiger partial charge >= 0.3 is 0 Å². The fourth-order valence-corrected chi connectivity index (χ4v) is 3.33. The molecule has 0 bridgehead atoms. The molecule has 1 aromatic carbocycles. The van der Waals surface area contributed by atoms with E-state index in [0.717, 1.165) is 19.5 Å². The van der Waals surface area contributed by atoms with Crippen LogP contribution in [0.15, 0.2) is 30.3 Å². The van der Waals surface area contributed by atoms with Crippen LogP contribution in [-0.4, -0.2) is 30.9 Å². The topological polar surface area (TPSA) is 32.3 Å². The van der Waals surface area contributed by atoms with Crippen molar-refractivity contribution < 1.29 is 4.79 Å². The van der Waals surface area contributed by atoms with E-state index in [0.29, 0.717) is 18.3 Å². The number of carbonyl (C=O) groups excluding carboxylic acids is 1. The Kier molecular flexibility index (Phi) is 7.91. The zero-order valence-corrected chi connectivity index (χ0v) is 14.7. The summed E-state index contributed by atoms with van der Waals surface area (Å²) in [5, 5.41) is 3.37. The third-order valence-corrected chi connectivity index (χ3v) is 4.51. The van der Waals surface area contributed by atoms with Crippen molar-refractivity contribution in [3.8, 4) is 0 Å². The van der Waals surface area contributed by atoms with Crippen molar-refractivity contribution in [2.24, 2.45) is 11.8 Å². The number of rotatable bonds is 6. The number of carbonyl (C=O) groups is 1. The van der Waals surface area contributed by atoms with Gasteiger partial charge in [0.25, 0.3) is 0 Å². The summed E-state index contributed by atoms with van der Waals surface area (Å²) < 4.78 is 0. The first-order valence-electron chi connectivity index (χ1n) is 8.11. The van der Waals surface area contributed by atoms with Gasteiger partial charge in [0.2, 0.25) is 5.91 Å². The van der Waals surface area contributed by atoms with E-state index in [-0.39, 0.29) is 24.4 Å². The van der Waals surface area contributed by atoms with Crippen LogP contribution in [0.3, 0.4) is 0 Å². The maximum absolute atomic E-state index is 12.5. The average Bonchev–Trinajstić information content (AvgIpc) is 2.99. The fourth-order valence-electron chi connectivity index (χ4n) is 3.33. The molecule has 2 atom stereocenters. The molecule has 0 aromatic heterocycles. The molecule has 1 N–H and O–H groups in total. The Bertz CT molecular complexity index is 444. The molecule has 3 nitrogen and oxygen atoms in total. The summed E-state index contributed by atoms with van der Waals surface area (Å²) in [6.45, 7) is 6.54. The lowest BCUT2D eigenvalue weighted by molar-refractivity contribution is -0.133. The second kappa shape index (κ2) is 9.16. The molecule has 1 amide bonds. The monoisotopic (exact) mass is 324 g/mol. The summed E-state index contributed by atoms with van der Waals surface area (Å²) in [6.07, 6.45) is 2.89. The van der Waals surface area contributed by atoms with E-state index in [4.69, 9.17) is 0 Å². The van der Waals surface area contributed by atoms with Gasteiger partial charge in [-0.1, -0.05) is 44.2 Å². The van der Waals surface area contributed by atoms with Crippen molar-refractivity contribution in [1.82, 2.24) is 10.2 Å². The van der Waals surface area contributed by atoms with Crippen LogP contribution in [0, 0.1) is 11.8 Å². The number of hydrogen-bond acceptors (Lipinski definition) is 2. The molecule has 124 valence electrons. The third kappa shape index (κ3) is 4.99. The molecule has 1 aliphatic heterocycles. The number of nitrogens with one attached hydrogen (secondary N) is 1. The predicted octanol–water partition coefficient (Wildman–Crippen LogP) is 3.65. The Morgan fingerprint density at radius 1 is 1.32 bits per heavy atom. The quantitative estimate of drug-likeness (QED) is 0.866. The first-order chi connectivity index (χ1) is 10.1. The van der Waals surface area contributed by atoms with Crippen molar-refractivity contribution in [2.45, 2.75) is 39.2 Å². The standard InChI is InChI=1S/C18H28N2O.ClH/c1-14(2)18(16-7-5-4-6-8-16)20(3)17(21)10-9-15-11-12-19-13-15;/h4-8,14-15,18-19H,9-13H2,1-3H3;1H. The highest BCUT2D eigenvalue weighted by molar-refractivity contribution is 5.85. The van der Waals surface area contributed by atoms with Gasteiger partial charge in [0.15, 0.2) is 0 Å². The van der Waals surface area contributed by atoms with E-state index >= 15 is 0 Å². The Labute approximate surface area is 140 Å². The number of halogens is 1. The molecule has 1 aromatic rings. The van der Waals surface area contributed by atoms with Gasteiger partial charge < -0.3 is 10.2 Å². The molecule has 1 saturated heterocycles. The molecule has 0 radical (unpaired) electrons. The van der Waals surface area contributed by atoms with Crippen LogP contribution in [0.4, 0.5) is 0 Å². The van der Waals surface area contributed by atoms with E-state index in [1.54, 1.807) is 0 Å². The van der Waals surface area contributed by atoms with E-state index in [1.807, 2.05) is 30.1 Å². The highest BCUT2D eigenvalue weighted by Gasteiger charge is 2.25. The molecule has 2 rings (SSSR count). The van der Waals surface area contributed by atoms with Crippen molar-refractivity contribution in [1.29, 1.82) is 0 Å². The van der Waals surface area contributed by atoms with Crippen LogP contribution in [0.25, 0.3) is 0 Å². The Morgan fingerprint density at radius 3 is 2.55 bits per heavy atom. The summed E-state index contributed by atoms with van der Waals surface area (Å²) >= 11 is 0. The molecule has 0 saturated carbocycles. The summed E-state index contributed by atoms with van der Waals surface area (Å²) in [4.78, 5) is 14.5. The first kappa shape index (κ1) is 19.0. The molecule has 1 aliphatic rings. The van der Waals surface area contributed by atoms with Gasteiger partial charge in [-0.05, 0) is 43.3 Å². The van der Waals surface area contributed by atoms with Crippen molar-refractivity contribution >= 4 is 18.3 Å². The second-order valence-corrected chi connectivity index (χ2v) is 6.50. The SMILES string of the molecule is CC(C)C(c1ccccc1)N(C)C(=O)CCC1CCNC1.Cl. The van der Waals surface area contributed by atoms with Gasteiger partial charge in [-0.3, -0.25) is 4.79 Å². The van der Waals surface area contributed by atoms with Gasteiger partial charge in [-0.25, -0.2) is 0 Å². The number of nitrogens with zero attached hydrogens (tertiary/aromatic N) is 1. The Morgan fingerprint density at radius 2 is 2.00 bits per heavy atom. The maximum atomic E-state index is 12.5. The fraction of sp³-hybridized carbons (Fsp3) is 0.611. The van der Waals surface area contributed by atoms with Gasteiger partial charge in [0.1, 0.15) is 0 Å². The Balaban J connectivity index is 0.00000242. The maximum Gasteiger partial charge on any atom is 0.222 e. The number of benzene rings is 1. The summed E-state index contributed by atoms with van der Waals surface area (Å²) in [5.74, 6) is 1.36. The molecule has 4 heteroatoms. The molecule has 2 unspecified atom stereocenters. The van der Waals surface area contributed by atoms with Crippen LogP contribution in [0.1, 0.15) is 44.7 Å². The largest absolute Gasteiger partial charge is 0.338 e. The minimum atomic E-state index is 0. The lowest BCUT2D eigenvalue weighted by Crippen LogP contribution is -2.34. The molecule has 1 fully saturated rings. The lowest BCUT2D eigenvalue weighted by Gasteiger charge is -2.32. The molecular weight excluding hydrogens is 296 g/mol. The predicted molar refractivity (Wildman–Crippen MR) is 94.2 cm³/mol. The first-order valence-corrected chi connectivity index (χ1v) is 8.11. The summed E-state index contributed by atoms with van der Waals surface area (Å²) in [5.41, 5.74) is 1.23. The molecule has 22 heavy (non-hydrogen) atoms. The average molecular weight is 325 g/mol. The molecular formula is C18H29ClN2O. The lowest BCUT2D eigenvalue weighted by atomic mass is 9.94. The number of hydrogen-bond donors (Lipinski definition) is 1. The van der Waals surface area contributed by atoms with Gasteiger partial charge in [0.05, 0.1) is 6.04 Å². The highest BCUT2D eigenvalue weighted by atomic mass is 35.5. The smallest absolute Gasteiger partial charge is 0.222 e. The third-order valence-electron chi connectivity index (χ3n) is 4.51. The minimum absolute atomic E-state index is 0. The van der Waals surface area contributed by atoms with Crippen molar-refractivity contribution in [3.05, 3.63) is 35.9 Å². The van der Waals surface area contributed by atoms with Gasteiger partial charge in [-0.2, -0.15) is 0 Å². The minimum Gasteiger partial charge on any atom is -0.338 e. The summed E-state index contributed by atoms with van der Waals surface area (Å²) in [7, 11) is 1.95. The van der Waals surface area contributed by atoms with Gasteiger partial charge in [-0.15, -0.1) is 12.4 Å². The second-order valence-electron chi connectivity index (χ2n) is 6.50. The van der Waals surface area contributed by atoms with E-state index in [2.05, 4.69) is 31.3 Å². The summed E-state index contributed by atoms with van der Waals surface area (Å²) in [6, 6.07) is 10.5. The van der Waals surface area contributed by atoms with Crippen molar-refractivity contribution in [3.63, 3.8) is 0 Å². The highest BCUT2D eigenvalue weighted by Crippen LogP contribution is 2.28. The van der Waals surface area contributed by atoms with Crippen LogP contribution < -0.4 is 5.32 Å².